The minimum atomic E-state index is -0.525. The second kappa shape index (κ2) is 8.27. The minimum Gasteiger partial charge on any atom is -0.352 e. The van der Waals surface area contributed by atoms with E-state index in [1.807, 2.05) is 24.4 Å². The van der Waals surface area contributed by atoms with E-state index in [-0.39, 0.29) is 11.9 Å². The van der Waals surface area contributed by atoms with Crippen LogP contribution in [0.4, 0.5) is 0 Å². The van der Waals surface area contributed by atoms with Gasteiger partial charge in [0.2, 0.25) is 5.91 Å². The fourth-order valence-corrected chi connectivity index (χ4v) is 2.60. The van der Waals surface area contributed by atoms with Crippen LogP contribution < -0.4 is 11.1 Å². The molecule has 0 fully saturated rings. The van der Waals surface area contributed by atoms with Crippen LogP contribution in [0.25, 0.3) is 0 Å². The molecular formula is C14H24N2OS. The Hall–Kier alpha value is -0.870. The third-order valence-electron chi connectivity index (χ3n) is 3.01. The molecule has 1 aromatic heterocycles. The van der Waals surface area contributed by atoms with E-state index in [0.29, 0.717) is 0 Å². The standard InChI is InChI=1S/C14H24N2OS/c1-3-4-5-6-8-11(2)16-14(17)13(15)12-9-7-10-18-12/h7,9-11,13H,3-6,8,15H2,1-2H3,(H,16,17). The number of carbonyl (C=O) groups is 1. The van der Waals surface area contributed by atoms with E-state index in [4.69, 9.17) is 5.73 Å². The molecule has 18 heavy (non-hydrogen) atoms. The van der Waals surface area contributed by atoms with Crippen LogP contribution >= 0.6 is 11.3 Å². The van der Waals surface area contributed by atoms with Crippen LogP contribution in [-0.4, -0.2) is 11.9 Å². The minimum absolute atomic E-state index is 0.0690. The molecule has 1 rings (SSSR count). The fourth-order valence-electron chi connectivity index (χ4n) is 1.88. The number of carbonyl (C=O) groups excluding carboxylic acids is 1. The zero-order valence-corrected chi connectivity index (χ0v) is 12.1. The second-order valence-corrected chi connectivity index (χ2v) is 5.73. The van der Waals surface area contributed by atoms with Crippen molar-refractivity contribution < 1.29 is 4.79 Å². The van der Waals surface area contributed by atoms with Crippen LogP contribution in [0.15, 0.2) is 17.5 Å². The summed E-state index contributed by atoms with van der Waals surface area (Å²) in [6, 6.07) is 3.51. The van der Waals surface area contributed by atoms with Crippen LogP contribution in [0.3, 0.4) is 0 Å². The number of rotatable bonds is 8. The molecule has 3 nitrogen and oxygen atoms in total. The van der Waals surface area contributed by atoms with E-state index in [9.17, 15) is 4.79 Å². The lowest BCUT2D eigenvalue weighted by Gasteiger charge is -2.16. The molecule has 0 radical (unpaired) electrons. The van der Waals surface area contributed by atoms with Gasteiger partial charge in [0.1, 0.15) is 6.04 Å². The maximum absolute atomic E-state index is 11.9. The van der Waals surface area contributed by atoms with E-state index in [1.54, 1.807) is 0 Å². The van der Waals surface area contributed by atoms with E-state index in [2.05, 4.69) is 12.2 Å². The van der Waals surface area contributed by atoms with Crippen molar-refractivity contribution in [2.45, 2.75) is 58.0 Å². The Morgan fingerprint density at radius 1 is 1.44 bits per heavy atom. The number of nitrogens with one attached hydrogen (secondary N) is 1. The SMILES string of the molecule is CCCCCCC(C)NC(=O)C(N)c1cccs1. The molecule has 0 spiro atoms. The van der Waals surface area contributed by atoms with E-state index < -0.39 is 6.04 Å². The quantitative estimate of drug-likeness (QED) is 0.711. The number of nitrogens with two attached hydrogens (primary N) is 1. The van der Waals surface area contributed by atoms with Crippen molar-refractivity contribution in [2.75, 3.05) is 0 Å². The molecule has 102 valence electrons. The van der Waals surface area contributed by atoms with Gasteiger partial charge >= 0.3 is 0 Å². The molecular weight excluding hydrogens is 244 g/mol. The third kappa shape index (κ3) is 5.19. The molecule has 0 aliphatic heterocycles. The van der Waals surface area contributed by atoms with Gasteiger partial charge in [-0.05, 0) is 24.8 Å². The van der Waals surface area contributed by atoms with Gasteiger partial charge in [-0.15, -0.1) is 11.3 Å². The maximum atomic E-state index is 11.9. The topological polar surface area (TPSA) is 55.1 Å². The van der Waals surface area contributed by atoms with Gasteiger partial charge in [-0.1, -0.05) is 38.7 Å². The Balaban J connectivity index is 2.26. The van der Waals surface area contributed by atoms with Crippen LogP contribution in [-0.2, 0) is 4.79 Å². The molecule has 1 amide bonds. The highest BCUT2D eigenvalue weighted by atomic mass is 32.1. The first-order valence-electron chi connectivity index (χ1n) is 6.74. The Labute approximate surface area is 114 Å². The number of unbranched alkanes of at least 4 members (excludes halogenated alkanes) is 3. The fraction of sp³-hybridized carbons (Fsp3) is 0.643. The third-order valence-corrected chi connectivity index (χ3v) is 3.97. The highest BCUT2D eigenvalue weighted by Gasteiger charge is 2.18. The lowest BCUT2D eigenvalue weighted by Crippen LogP contribution is -2.39. The molecule has 4 heteroatoms. The monoisotopic (exact) mass is 268 g/mol. The van der Waals surface area contributed by atoms with E-state index >= 15 is 0 Å². The summed E-state index contributed by atoms with van der Waals surface area (Å²) in [5, 5.41) is 4.93. The lowest BCUT2D eigenvalue weighted by molar-refractivity contribution is -0.123. The van der Waals surface area contributed by atoms with Gasteiger partial charge in [-0.25, -0.2) is 0 Å². The maximum Gasteiger partial charge on any atom is 0.242 e. The Morgan fingerprint density at radius 2 is 2.22 bits per heavy atom. The molecule has 1 heterocycles. The van der Waals surface area contributed by atoms with Gasteiger partial charge in [0.25, 0.3) is 0 Å². The van der Waals surface area contributed by atoms with Gasteiger partial charge in [0, 0.05) is 10.9 Å². The van der Waals surface area contributed by atoms with Crippen LogP contribution in [0.2, 0.25) is 0 Å². The average Bonchev–Trinajstić information content (AvgIpc) is 2.87. The van der Waals surface area contributed by atoms with Crippen molar-refractivity contribution in [2.24, 2.45) is 5.73 Å². The average molecular weight is 268 g/mol. The van der Waals surface area contributed by atoms with Gasteiger partial charge in [0.05, 0.1) is 0 Å². The summed E-state index contributed by atoms with van der Waals surface area (Å²) in [4.78, 5) is 12.8. The second-order valence-electron chi connectivity index (χ2n) is 4.75. The van der Waals surface area contributed by atoms with Crippen molar-refractivity contribution >= 4 is 17.2 Å². The first-order valence-corrected chi connectivity index (χ1v) is 7.62. The van der Waals surface area contributed by atoms with Crippen molar-refractivity contribution in [1.29, 1.82) is 0 Å². The molecule has 2 unspecified atom stereocenters. The van der Waals surface area contributed by atoms with Gasteiger partial charge < -0.3 is 11.1 Å². The molecule has 0 aromatic carbocycles. The molecule has 3 N–H and O–H groups in total. The van der Waals surface area contributed by atoms with E-state index in [0.717, 1.165) is 11.3 Å². The van der Waals surface area contributed by atoms with Crippen molar-refractivity contribution in [3.05, 3.63) is 22.4 Å². The molecule has 2 atom stereocenters. The van der Waals surface area contributed by atoms with Gasteiger partial charge in [-0.2, -0.15) is 0 Å². The Morgan fingerprint density at radius 3 is 2.83 bits per heavy atom. The Kier molecular flexibility index (Phi) is 6.98. The summed E-state index contributed by atoms with van der Waals surface area (Å²) in [5.74, 6) is -0.0690. The first-order chi connectivity index (χ1) is 8.65. The number of amides is 1. The highest BCUT2D eigenvalue weighted by molar-refractivity contribution is 7.10. The number of hydrogen-bond acceptors (Lipinski definition) is 3. The molecule has 0 saturated carbocycles. The molecule has 0 aliphatic carbocycles. The van der Waals surface area contributed by atoms with Crippen molar-refractivity contribution in [3.8, 4) is 0 Å². The summed E-state index contributed by atoms with van der Waals surface area (Å²) in [6.45, 7) is 4.25. The van der Waals surface area contributed by atoms with Crippen LogP contribution in [0.5, 0.6) is 0 Å². The molecule has 0 saturated heterocycles. The largest absolute Gasteiger partial charge is 0.352 e. The normalized spacial score (nSPS) is 14.2. The molecule has 0 bridgehead atoms. The predicted molar refractivity (Wildman–Crippen MR) is 77.6 cm³/mol. The predicted octanol–water partition coefficient (Wildman–Crippen LogP) is 3.22. The number of hydrogen-bond donors (Lipinski definition) is 2. The molecule has 0 aliphatic rings. The number of thiophene rings is 1. The van der Waals surface area contributed by atoms with E-state index in [1.165, 1.54) is 37.0 Å². The van der Waals surface area contributed by atoms with Crippen LogP contribution in [0, 0.1) is 0 Å². The van der Waals surface area contributed by atoms with Crippen LogP contribution in [0.1, 0.15) is 56.9 Å². The first kappa shape index (κ1) is 15.2. The van der Waals surface area contributed by atoms with Gasteiger partial charge in [-0.3, -0.25) is 4.79 Å². The zero-order chi connectivity index (χ0) is 13.4. The summed E-state index contributed by atoms with van der Waals surface area (Å²) >= 11 is 1.53. The summed E-state index contributed by atoms with van der Waals surface area (Å²) < 4.78 is 0. The lowest BCUT2D eigenvalue weighted by atomic mass is 10.1. The highest BCUT2D eigenvalue weighted by Crippen LogP contribution is 2.17. The smallest absolute Gasteiger partial charge is 0.242 e. The summed E-state index contributed by atoms with van der Waals surface area (Å²) in [6.07, 6.45) is 5.96. The van der Waals surface area contributed by atoms with Crippen molar-refractivity contribution in [1.82, 2.24) is 5.32 Å². The summed E-state index contributed by atoms with van der Waals surface area (Å²) in [5.41, 5.74) is 5.91. The zero-order valence-electron chi connectivity index (χ0n) is 11.3. The molecule has 1 aromatic rings. The summed E-state index contributed by atoms with van der Waals surface area (Å²) in [7, 11) is 0. The Bertz CT molecular complexity index is 338. The van der Waals surface area contributed by atoms with Crippen molar-refractivity contribution in [3.63, 3.8) is 0 Å². The van der Waals surface area contributed by atoms with Gasteiger partial charge in [0.15, 0.2) is 0 Å².